The highest BCUT2D eigenvalue weighted by atomic mass is 16.7. The molecule has 5 heteroatoms. The number of nitrogens with one attached hydrogen (secondary N) is 2. The quantitative estimate of drug-likeness (QED) is 0.727. The van der Waals surface area contributed by atoms with E-state index >= 15 is 0 Å². The molecule has 0 saturated carbocycles. The molecular weight excluding hydrogens is 208 g/mol. The van der Waals surface area contributed by atoms with E-state index in [1.165, 1.54) is 0 Å². The van der Waals surface area contributed by atoms with Gasteiger partial charge in [-0.2, -0.15) is 0 Å². The average Bonchev–Trinajstić information content (AvgIpc) is 2.54. The molecule has 94 valence electrons. The van der Waals surface area contributed by atoms with Crippen LogP contribution >= 0.6 is 0 Å². The maximum atomic E-state index is 11.7. The molecule has 1 saturated heterocycles. The molecule has 1 fully saturated rings. The first-order valence-electron chi connectivity index (χ1n) is 5.56. The van der Waals surface area contributed by atoms with Crippen LogP contribution in [0.2, 0.25) is 0 Å². The summed E-state index contributed by atoms with van der Waals surface area (Å²) >= 11 is 0. The second-order valence-corrected chi connectivity index (χ2v) is 5.04. The van der Waals surface area contributed by atoms with Gasteiger partial charge in [0.1, 0.15) is 6.10 Å². The zero-order valence-corrected chi connectivity index (χ0v) is 10.7. The lowest BCUT2D eigenvalue weighted by molar-refractivity contribution is -0.140. The van der Waals surface area contributed by atoms with E-state index in [1.54, 1.807) is 7.05 Å². The predicted octanol–water partition coefficient (Wildman–Crippen LogP) is 0.252. The molecule has 0 aromatic carbocycles. The van der Waals surface area contributed by atoms with Crippen LogP contribution in [0.25, 0.3) is 0 Å². The van der Waals surface area contributed by atoms with Crippen molar-refractivity contribution >= 4 is 5.91 Å². The van der Waals surface area contributed by atoms with Crippen molar-refractivity contribution in [3.63, 3.8) is 0 Å². The van der Waals surface area contributed by atoms with Crippen molar-refractivity contribution < 1.29 is 14.3 Å². The SMILES string of the molecule is CNC(C)(C)C(=O)NCC1COC(C)(C)O1. The first-order valence-corrected chi connectivity index (χ1v) is 5.56. The molecule has 1 heterocycles. The molecule has 0 aromatic heterocycles. The van der Waals surface area contributed by atoms with Gasteiger partial charge >= 0.3 is 0 Å². The Morgan fingerprint density at radius 1 is 1.50 bits per heavy atom. The molecule has 0 radical (unpaired) electrons. The number of carbonyl (C=O) groups is 1. The molecule has 0 bridgehead atoms. The Morgan fingerprint density at radius 3 is 2.56 bits per heavy atom. The summed E-state index contributed by atoms with van der Waals surface area (Å²) in [6.45, 7) is 8.40. The second kappa shape index (κ2) is 4.69. The standard InChI is InChI=1S/C11H22N2O3/c1-10(2,12-5)9(14)13-6-8-7-15-11(3,4)16-8/h8,12H,6-7H2,1-5H3,(H,13,14). The van der Waals surface area contributed by atoms with Gasteiger partial charge in [-0.15, -0.1) is 0 Å². The van der Waals surface area contributed by atoms with Crippen molar-refractivity contribution in [2.75, 3.05) is 20.2 Å². The fraction of sp³-hybridized carbons (Fsp3) is 0.909. The van der Waals surface area contributed by atoms with E-state index in [4.69, 9.17) is 9.47 Å². The molecule has 0 aliphatic carbocycles. The number of hydrogen-bond acceptors (Lipinski definition) is 4. The third-order valence-electron chi connectivity index (χ3n) is 2.75. The molecule has 0 aromatic rings. The van der Waals surface area contributed by atoms with E-state index in [-0.39, 0.29) is 12.0 Å². The van der Waals surface area contributed by atoms with Crippen LogP contribution in [0, 0.1) is 0 Å². The smallest absolute Gasteiger partial charge is 0.239 e. The van der Waals surface area contributed by atoms with E-state index in [1.807, 2.05) is 27.7 Å². The van der Waals surface area contributed by atoms with Gasteiger partial charge in [0.05, 0.1) is 12.1 Å². The van der Waals surface area contributed by atoms with Gasteiger partial charge in [-0.05, 0) is 34.7 Å². The fourth-order valence-corrected chi connectivity index (χ4v) is 1.40. The van der Waals surface area contributed by atoms with Crippen molar-refractivity contribution in [1.82, 2.24) is 10.6 Å². The molecule has 1 aliphatic rings. The predicted molar refractivity (Wildman–Crippen MR) is 61.1 cm³/mol. The van der Waals surface area contributed by atoms with Gasteiger partial charge in [-0.3, -0.25) is 4.79 Å². The van der Waals surface area contributed by atoms with Gasteiger partial charge in [0.2, 0.25) is 5.91 Å². The summed E-state index contributed by atoms with van der Waals surface area (Å²) in [6, 6.07) is 0. The highest BCUT2D eigenvalue weighted by molar-refractivity contribution is 5.85. The van der Waals surface area contributed by atoms with Crippen LogP contribution < -0.4 is 10.6 Å². The molecule has 1 aliphatic heterocycles. The van der Waals surface area contributed by atoms with Crippen LogP contribution in [0.5, 0.6) is 0 Å². The summed E-state index contributed by atoms with van der Waals surface area (Å²) in [5, 5.41) is 5.80. The lowest BCUT2D eigenvalue weighted by atomic mass is 10.1. The minimum Gasteiger partial charge on any atom is -0.352 e. The molecule has 1 amide bonds. The normalized spacial score (nSPS) is 24.4. The molecule has 2 N–H and O–H groups in total. The third kappa shape index (κ3) is 3.43. The monoisotopic (exact) mass is 230 g/mol. The Bertz CT molecular complexity index is 264. The highest BCUT2D eigenvalue weighted by Crippen LogP contribution is 2.21. The molecule has 16 heavy (non-hydrogen) atoms. The summed E-state index contributed by atoms with van der Waals surface area (Å²) < 4.78 is 11.0. The minimum atomic E-state index is -0.561. The van der Waals surface area contributed by atoms with E-state index in [2.05, 4.69) is 10.6 Å². The Morgan fingerprint density at radius 2 is 2.12 bits per heavy atom. The van der Waals surface area contributed by atoms with Gasteiger partial charge in [0.25, 0.3) is 0 Å². The van der Waals surface area contributed by atoms with Crippen molar-refractivity contribution in [2.24, 2.45) is 0 Å². The van der Waals surface area contributed by atoms with E-state index in [9.17, 15) is 4.79 Å². The zero-order chi connectivity index (χ0) is 12.4. The maximum Gasteiger partial charge on any atom is 0.239 e. The van der Waals surface area contributed by atoms with Gasteiger partial charge < -0.3 is 20.1 Å². The summed E-state index contributed by atoms with van der Waals surface area (Å²) in [7, 11) is 1.76. The fourth-order valence-electron chi connectivity index (χ4n) is 1.40. The highest BCUT2D eigenvalue weighted by Gasteiger charge is 2.33. The average molecular weight is 230 g/mol. The Labute approximate surface area is 96.9 Å². The Hall–Kier alpha value is -0.650. The van der Waals surface area contributed by atoms with E-state index < -0.39 is 11.3 Å². The van der Waals surface area contributed by atoms with Crippen molar-refractivity contribution in [1.29, 1.82) is 0 Å². The third-order valence-corrected chi connectivity index (χ3v) is 2.75. The van der Waals surface area contributed by atoms with Gasteiger partial charge in [0, 0.05) is 6.54 Å². The number of ether oxygens (including phenoxy) is 2. The maximum absolute atomic E-state index is 11.7. The number of rotatable bonds is 4. The molecule has 5 nitrogen and oxygen atoms in total. The second-order valence-electron chi connectivity index (χ2n) is 5.04. The molecule has 0 spiro atoms. The topological polar surface area (TPSA) is 59.6 Å². The minimum absolute atomic E-state index is 0.0386. The molecule has 1 unspecified atom stereocenters. The van der Waals surface area contributed by atoms with Crippen LogP contribution in [0.1, 0.15) is 27.7 Å². The lowest BCUT2D eigenvalue weighted by Gasteiger charge is -2.24. The first-order chi connectivity index (χ1) is 7.27. The van der Waals surface area contributed by atoms with Crippen LogP contribution in [0.3, 0.4) is 0 Å². The summed E-state index contributed by atoms with van der Waals surface area (Å²) in [6.07, 6.45) is -0.0633. The van der Waals surface area contributed by atoms with Crippen LogP contribution in [-0.4, -0.2) is 43.5 Å². The first kappa shape index (κ1) is 13.4. The number of carbonyl (C=O) groups excluding carboxylic acids is 1. The number of amides is 1. The largest absolute Gasteiger partial charge is 0.352 e. The van der Waals surface area contributed by atoms with Crippen molar-refractivity contribution in [3.8, 4) is 0 Å². The van der Waals surface area contributed by atoms with Gasteiger partial charge in [0.15, 0.2) is 5.79 Å². The molecular formula is C11H22N2O3. The molecule has 1 rings (SSSR count). The summed E-state index contributed by atoms with van der Waals surface area (Å²) in [5.41, 5.74) is -0.561. The number of hydrogen-bond donors (Lipinski definition) is 2. The van der Waals surface area contributed by atoms with Gasteiger partial charge in [-0.25, -0.2) is 0 Å². The van der Waals surface area contributed by atoms with Crippen LogP contribution in [0.4, 0.5) is 0 Å². The van der Waals surface area contributed by atoms with Crippen molar-refractivity contribution in [2.45, 2.75) is 45.1 Å². The number of likely N-dealkylation sites (N-methyl/N-ethyl adjacent to an activating group) is 1. The summed E-state index contributed by atoms with van der Waals surface area (Å²) in [4.78, 5) is 11.7. The lowest BCUT2D eigenvalue weighted by Crippen LogP contribution is -2.52. The van der Waals surface area contributed by atoms with Gasteiger partial charge in [-0.1, -0.05) is 0 Å². The Balaban J connectivity index is 2.34. The van der Waals surface area contributed by atoms with Crippen LogP contribution in [-0.2, 0) is 14.3 Å². The molecule has 1 atom stereocenters. The Kier molecular flexibility index (Phi) is 3.93. The summed E-state index contributed by atoms with van der Waals surface area (Å²) in [5.74, 6) is -0.572. The zero-order valence-electron chi connectivity index (χ0n) is 10.7. The van der Waals surface area contributed by atoms with E-state index in [0.29, 0.717) is 13.2 Å². The van der Waals surface area contributed by atoms with E-state index in [0.717, 1.165) is 0 Å². The van der Waals surface area contributed by atoms with Crippen LogP contribution in [0.15, 0.2) is 0 Å². The van der Waals surface area contributed by atoms with Crippen molar-refractivity contribution in [3.05, 3.63) is 0 Å².